The van der Waals surface area contributed by atoms with Crippen LogP contribution in [0.4, 0.5) is 0 Å². The van der Waals surface area contributed by atoms with E-state index in [1.165, 1.54) is 0 Å². The molecule has 5 heteroatoms. The van der Waals surface area contributed by atoms with Crippen molar-refractivity contribution < 1.29 is 9.47 Å². The van der Waals surface area contributed by atoms with Crippen LogP contribution in [0.25, 0.3) is 11.3 Å². The molecule has 0 saturated carbocycles. The minimum Gasteiger partial charge on any atom is -0.494 e. The van der Waals surface area contributed by atoms with Crippen molar-refractivity contribution in [1.29, 1.82) is 0 Å². The zero-order valence-corrected chi connectivity index (χ0v) is 16.1. The lowest BCUT2D eigenvalue weighted by atomic mass is 9.85. The van der Waals surface area contributed by atoms with E-state index in [2.05, 4.69) is 38.3 Å². The minimum atomic E-state index is -0.0261. The third kappa shape index (κ3) is 4.28. The Morgan fingerprint density at radius 2 is 1.75 bits per heavy atom. The lowest BCUT2D eigenvalue weighted by Crippen LogP contribution is -2.14. The van der Waals surface area contributed by atoms with Gasteiger partial charge in [0.25, 0.3) is 0 Å². The SMILES string of the molecule is CCOc1cc(C(C)(C)C)c(OCC)cc1-c1csc(CCN)n1. The summed E-state index contributed by atoms with van der Waals surface area (Å²) in [6, 6.07) is 4.17. The van der Waals surface area contributed by atoms with Gasteiger partial charge in [-0.2, -0.15) is 0 Å². The number of benzene rings is 1. The first kappa shape index (κ1) is 18.7. The molecule has 2 aromatic rings. The van der Waals surface area contributed by atoms with E-state index in [-0.39, 0.29) is 5.41 Å². The number of rotatable bonds is 7. The Morgan fingerprint density at radius 1 is 1.08 bits per heavy atom. The van der Waals surface area contributed by atoms with Gasteiger partial charge in [0.05, 0.1) is 23.9 Å². The fourth-order valence-electron chi connectivity index (χ4n) is 2.57. The zero-order chi connectivity index (χ0) is 17.7. The molecule has 132 valence electrons. The normalized spacial score (nSPS) is 11.6. The molecule has 2 rings (SSSR count). The summed E-state index contributed by atoms with van der Waals surface area (Å²) in [5, 5.41) is 3.11. The molecule has 0 aliphatic carbocycles. The zero-order valence-electron chi connectivity index (χ0n) is 15.3. The van der Waals surface area contributed by atoms with Gasteiger partial charge in [-0.15, -0.1) is 11.3 Å². The maximum absolute atomic E-state index is 5.91. The molecular formula is C19H28N2O2S. The molecule has 0 bridgehead atoms. The van der Waals surface area contributed by atoms with Crippen molar-refractivity contribution in [3.63, 3.8) is 0 Å². The topological polar surface area (TPSA) is 57.4 Å². The Bertz CT molecular complexity index is 674. The fraction of sp³-hybridized carbons (Fsp3) is 0.526. The summed E-state index contributed by atoms with van der Waals surface area (Å²) in [5.41, 5.74) is 8.66. The van der Waals surface area contributed by atoms with Crippen LogP contribution in [-0.4, -0.2) is 24.7 Å². The molecule has 4 nitrogen and oxygen atoms in total. The quantitative estimate of drug-likeness (QED) is 0.805. The lowest BCUT2D eigenvalue weighted by Gasteiger charge is -2.24. The summed E-state index contributed by atoms with van der Waals surface area (Å²) < 4.78 is 11.8. The second kappa shape index (κ2) is 7.99. The molecule has 0 radical (unpaired) electrons. The highest BCUT2D eigenvalue weighted by atomic mass is 32.1. The van der Waals surface area contributed by atoms with Crippen molar-refractivity contribution in [2.24, 2.45) is 5.73 Å². The average Bonchev–Trinajstić information content (AvgIpc) is 2.96. The van der Waals surface area contributed by atoms with Crippen LogP contribution in [0.5, 0.6) is 11.5 Å². The molecule has 0 spiro atoms. The Kier molecular flexibility index (Phi) is 6.24. The van der Waals surface area contributed by atoms with Crippen LogP contribution in [0, 0.1) is 0 Å². The van der Waals surface area contributed by atoms with E-state index < -0.39 is 0 Å². The van der Waals surface area contributed by atoms with Crippen molar-refractivity contribution in [3.8, 4) is 22.8 Å². The van der Waals surface area contributed by atoms with Gasteiger partial charge < -0.3 is 15.2 Å². The highest BCUT2D eigenvalue weighted by Crippen LogP contribution is 2.41. The van der Waals surface area contributed by atoms with Crippen molar-refractivity contribution in [1.82, 2.24) is 4.98 Å². The molecule has 0 aliphatic heterocycles. The van der Waals surface area contributed by atoms with Crippen LogP contribution in [0.2, 0.25) is 0 Å². The molecule has 0 saturated heterocycles. The number of nitrogens with two attached hydrogens (primary N) is 1. The van der Waals surface area contributed by atoms with Gasteiger partial charge in [0.15, 0.2) is 0 Å². The molecule has 1 aromatic carbocycles. The van der Waals surface area contributed by atoms with Crippen molar-refractivity contribution in [2.75, 3.05) is 19.8 Å². The second-order valence-electron chi connectivity index (χ2n) is 6.63. The molecule has 1 aromatic heterocycles. The second-order valence-corrected chi connectivity index (χ2v) is 7.57. The number of hydrogen-bond acceptors (Lipinski definition) is 5. The Hall–Kier alpha value is -1.59. The maximum Gasteiger partial charge on any atom is 0.129 e. The first-order valence-electron chi connectivity index (χ1n) is 8.49. The van der Waals surface area contributed by atoms with Gasteiger partial charge in [-0.25, -0.2) is 4.98 Å². The smallest absolute Gasteiger partial charge is 0.129 e. The fourth-order valence-corrected chi connectivity index (χ4v) is 3.38. The Labute approximate surface area is 149 Å². The van der Waals surface area contributed by atoms with Gasteiger partial charge in [-0.05, 0) is 37.9 Å². The molecule has 0 aliphatic rings. The summed E-state index contributed by atoms with van der Waals surface area (Å²) in [4.78, 5) is 4.71. The first-order valence-corrected chi connectivity index (χ1v) is 9.37. The maximum atomic E-state index is 5.91. The van der Waals surface area contributed by atoms with E-state index >= 15 is 0 Å². The van der Waals surface area contributed by atoms with Crippen molar-refractivity contribution >= 4 is 11.3 Å². The summed E-state index contributed by atoms with van der Waals surface area (Å²) in [7, 11) is 0. The van der Waals surface area contributed by atoms with E-state index in [0.29, 0.717) is 19.8 Å². The predicted octanol–water partition coefficient (Wildman–Crippen LogP) is 4.41. The summed E-state index contributed by atoms with van der Waals surface area (Å²) in [6.07, 6.45) is 0.799. The summed E-state index contributed by atoms with van der Waals surface area (Å²) >= 11 is 1.64. The van der Waals surface area contributed by atoms with E-state index in [1.54, 1.807) is 11.3 Å². The van der Waals surface area contributed by atoms with Crippen LogP contribution in [0.1, 0.15) is 45.2 Å². The lowest BCUT2D eigenvalue weighted by molar-refractivity contribution is 0.322. The van der Waals surface area contributed by atoms with E-state index in [0.717, 1.165) is 39.7 Å². The number of ether oxygens (including phenoxy) is 2. The van der Waals surface area contributed by atoms with E-state index in [1.807, 2.05) is 13.8 Å². The largest absolute Gasteiger partial charge is 0.494 e. The average molecular weight is 349 g/mol. The monoisotopic (exact) mass is 348 g/mol. The predicted molar refractivity (Wildman–Crippen MR) is 101 cm³/mol. The van der Waals surface area contributed by atoms with Crippen molar-refractivity contribution in [2.45, 2.75) is 46.5 Å². The molecular weight excluding hydrogens is 320 g/mol. The molecule has 24 heavy (non-hydrogen) atoms. The minimum absolute atomic E-state index is 0.0261. The van der Waals surface area contributed by atoms with Crippen LogP contribution < -0.4 is 15.2 Å². The standard InChI is InChI=1S/C19H28N2O2S/c1-6-22-16-11-14(19(3,4)5)17(23-7-2)10-13(16)15-12-24-18(21-15)8-9-20/h10-12H,6-9,20H2,1-5H3. The highest BCUT2D eigenvalue weighted by molar-refractivity contribution is 7.09. The first-order chi connectivity index (χ1) is 11.4. The van der Waals surface area contributed by atoms with Gasteiger partial charge in [0, 0.05) is 22.9 Å². The Balaban J connectivity index is 2.57. The molecule has 2 N–H and O–H groups in total. The van der Waals surface area contributed by atoms with E-state index in [4.69, 9.17) is 20.2 Å². The van der Waals surface area contributed by atoms with Crippen molar-refractivity contribution in [3.05, 3.63) is 28.1 Å². The van der Waals surface area contributed by atoms with Crippen LogP contribution >= 0.6 is 11.3 Å². The van der Waals surface area contributed by atoms with Gasteiger partial charge in [-0.3, -0.25) is 0 Å². The molecule has 0 atom stereocenters. The van der Waals surface area contributed by atoms with Crippen LogP contribution in [0.15, 0.2) is 17.5 Å². The highest BCUT2D eigenvalue weighted by Gasteiger charge is 2.23. The van der Waals surface area contributed by atoms with Crippen LogP contribution in [0.3, 0.4) is 0 Å². The van der Waals surface area contributed by atoms with Gasteiger partial charge in [-0.1, -0.05) is 20.8 Å². The molecule has 0 fully saturated rings. The molecule has 0 amide bonds. The molecule has 1 heterocycles. The number of nitrogens with zero attached hydrogens (tertiary/aromatic N) is 1. The van der Waals surface area contributed by atoms with Gasteiger partial charge >= 0.3 is 0 Å². The summed E-state index contributed by atoms with van der Waals surface area (Å²) in [5.74, 6) is 1.76. The third-order valence-electron chi connectivity index (χ3n) is 3.68. The van der Waals surface area contributed by atoms with Gasteiger partial charge in [0.2, 0.25) is 0 Å². The number of hydrogen-bond donors (Lipinski definition) is 1. The van der Waals surface area contributed by atoms with E-state index in [9.17, 15) is 0 Å². The molecule has 0 unspecified atom stereocenters. The summed E-state index contributed by atoms with van der Waals surface area (Å²) in [6.45, 7) is 12.4. The third-order valence-corrected chi connectivity index (χ3v) is 4.58. The van der Waals surface area contributed by atoms with Crippen LogP contribution in [-0.2, 0) is 11.8 Å². The number of thiazole rings is 1. The van der Waals surface area contributed by atoms with Gasteiger partial charge in [0.1, 0.15) is 11.5 Å². The Morgan fingerprint density at radius 3 is 2.33 bits per heavy atom. The number of aromatic nitrogens is 1.